The van der Waals surface area contributed by atoms with Crippen LogP contribution in [0.15, 0.2) is 55.1 Å². The van der Waals surface area contributed by atoms with Crippen molar-refractivity contribution in [1.82, 2.24) is 24.6 Å². The molecule has 0 unspecified atom stereocenters. The molecule has 1 aromatic carbocycles. The Morgan fingerprint density at radius 2 is 1.93 bits per heavy atom. The van der Waals surface area contributed by atoms with Crippen molar-refractivity contribution in [2.45, 2.75) is 32.2 Å². The van der Waals surface area contributed by atoms with Crippen LogP contribution in [0.25, 0.3) is 28.1 Å². The average Bonchev–Trinajstić information content (AvgIpc) is 3.36. The lowest BCUT2D eigenvalue weighted by Crippen LogP contribution is -2.55. The number of aromatic nitrogens is 4. The highest BCUT2D eigenvalue weighted by Gasteiger charge is 2.38. The van der Waals surface area contributed by atoms with E-state index in [9.17, 15) is 9.59 Å². The fourth-order valence-corrected chi connectivity index (χ4v) is 5.59. The van der Waals surface area contributed by atoms with Crippen molar-refractivity contribution in [2.75, 3.05) is 26.9 Å². The maximum Gasteiger partial charge on any atom is 0.275 e. The van der Waals surface area contributed by atoms with Crippen molar-refractivity contribution in [3.05, 3.63) is 77.5 Å². The Kier molecular flexibility index (Phi) is 6.34. The first kappa shape index (κ1) is 25.7. The van der Waals surface area contributed by atoms with Crippen LogP contribution in [0.1, 0.15) is 45.8 Å². The number of carbonyl (C=O) groups is 2. The third-order valence-corrected chi connectivity index (χ3v) is 7.63. The van der Waals surface area contributed by atoms with Crippen molar-refractivity contribution in [2.24, 2.45) is 5.73 Å². The second-order valence-electron chi connectivity index (χ2n) is 10.7. The first-order valence-corrected chi connectivity index (χ1v) is 13.2. The molecule has 4 aromatic rings. The normalized spacial score (nSPS) is 15.7. The first-order chi connectivity index (χ1) is 19.3. The number of amides is 2. The molecule has 1 fully saturated rings. The standard InChI is InChI=1S/C30H30N6O4/c1-30(2)17-40-10-9-35(30)29(38)26-22-7-6-18-12-25(39-3)23(19-11-20(28(31)37)15-33-14-19)13-24(18)27(22)36(34-26)21-5-4-8-32-16-21/h4-5,8,11-16H,6-7,9-10,17H2,1-3H3,(H2,31,37). The van der Waals surface area contributed by atoms with Crippen molar-refractivity contribution >= 4 is 11.8 Å². The van der Waals surface area contributed by atoms with Gasteiger partial charge in [-0.2, -0.15) is 5.10 Å². The summed E-state index contributed by atoms with van der Waals surface area (Å²) in [6, 6.07) is 9.51. The number of benzene rings is 1. The number of morpholine rings is 1. The summed E-state index contributed by atoms with van der Waals surface area (Å²) in [5.74, 6) is -0.00965. The molecule has 4 heterocycles. The van der Waals surface area contributed by atoms with Gasteiger partial charge in [0, 0.05) is 47.4 Å². The molecule has 0 saturated carbocycles. The van der Waals surface area contributed by atoms with Crippen LogP contribution in [0.2, 0.25) is 0 Å². The van der Waals surface area contributed by atoms with Gasteiger partial charge >= 0.3 is 0 Å². The number of nitrogens with two attached hydrogens (primary N) is 1. The highest BCUT2D eigenvalue weighted by Crippen LogP contribution is 2.43. The molecule has 0 atom stereocenters. The average molecular weight is 539 g/mol. The molecular formula is C30H30N6O4. The number of hydrogen-bond acceptors (Lipinski definition) is 7. The molecule has 2 aliphatic rings. The first-order valence-electron chi connectivity index (χ1n) is 13.2. The Morgan fingerprint density at radius 3 is 2.65 bits per heavy atom. The van der Waals surface area contributed by atoms with E-state index in [0.29, 0.717) is 55.2 Å². The molecule has 1 aliphatic heterocycles. The summed E-state index contributed by atoms with van der Waals surface area (Å²) >= 11 is 0. The molecule has 0 spiro atoms. The van der Waals surface area contributed by atoms with E-state index in [1.165, 1.54) is 6.20 Å². The number of ether oxygens (including phenoxy) is 2. The van der Waals surface area contributed by atoms with E-state index in [-0.39, 0.29) is 5.91 Å². The Hall–Kier alpha value is -4.57. The van der Waals surface area contributed by atoms with Crippen LogP contribution in [0.5, 0.6) is 5.75 Å². The number of hydrogen-bond donors (Lipinski definition) is 1. The number of methoxy groups -OCH3 is 1. The van der Waals surface area contributed by atoms with Crippen LogP contribution < -0.4 is 10.5 Å². The van der Waals surface area contributed by atoms with E-state index in [0.717, 1.165) is 33.6 Å². The summed E-state index contributed by atoms with van der Waals surface area (Å²) in [6.07, 6.45) is 7.92. The number of aryl methyl sites for hydroxylation is 1. The molecule has 204 valence electrons. The lowest BCUT2D eigenvalue weighted by atomic mass is 9.86. The zero-order valence-corrected chi connectivity index (χ0v) is 22.7. The van der Waals surface area contributed by atoms with Gasteiger partial charge in [0.2, 0.25) is 5.91 Å². The summed E-state index contributed by atoms with van der Waals surface area (Å²) in [5.41, 5.74) is 11.8. The third kappa shape index (κ3) is 4.30. The Morgan fingerprint density at radius 1 is 1.07 bits per heavy atom. The van der Waals surface area contributed by atoms with Gasteiger partial charge < -0.3 is 20.1 Å². The van der Waals surface area contributed by atoms with E-state index < -0.39 is 11.4 Å². The summed E-state index contributed by atoms with van der Waals surface area (Å²) < 4.78 is 13.2. The van der Waals surface area contributed by atoms with Gasteiger partial charge in [0.15, 0.2) is 5.69 Å². The van der Waals surface area contributed by atoms with Gasteiger partial charge in [-0.25, -0.2) is 4.68 Å². The molecule has 10 nitrogen and oxygen atoms in total. The fourth-order valence-electron chi connectivity index (χ4n) is 5.59. The van der Waals surface area contributed by atoms with Crippen molar-refractivity contribution in [3.8, 4) is 33.8 Å². The van der Waals surface area contributed by atoms with Crippen LogP contribution in [-0.4, -0.2) is 68.9 Å². The molecule has 2 amide bonds. The molecule has 40 heavy (non-hydrogen) atoms. The molecule has 1 saturated heterocycles. The topological polar surface area (TPSA) is 125 Å². The van der Waals surface area contributed by atoms with Gasteiger partial charge in [-0.15, -0.1) is 0 Å². The number of primary amides is 1. The molecule has 0 bridgehead atoms. The SMILES string of the molecule is COc1cc2c(cc1-c1cncc(C(N)=O)c1)-c1c(c(C(=O)N3CCOCC3(C)C)nn1-c1cccnc1)CC2. The predicted molar refractivity (Wildman–Crippen MR) is 148 cm³/mol. The molecule has 0 radical (unpaired) electrons. The van der Waals surface area contributed by atoms with Crippen LogP contribution in [0.3, 0.4) is 0 Å². The van der Waals surface area contributed by atoms with Crippen LogP contribution in [-0.2, 0) is 17.6 Å². The Balaban J connectivity index is 1.56. The number of fused-ring (bicyclic) bond motifs is 3. The molecule has 10 heteroatoms. The Labute approximate surface area is 231 Å². The van der Waals surface area contributed by atoms with E-state index in [2.05, 4.69) is 9.97 Å². The monoisotopic (exact) mass is 538 g/mol. The quantitative estimate of drug-likeness (QED) is 0.413. The van der Waals surface area contributed by atoms with Crippen molar-refractivity contribution in [1.29, 1.82) is 0 Å². The van der Waals surface area contributed by atoms with E-state index in [1.807, 2.05) is 47.7 Å². The maximum absolute atomic E-state index is 14.0. The second kappa shape index (κ2) is 9.87. The molecule has 3 aromatic heterocycles. The van der Waals surface area contributed by atoms with E-state index in [4.69, 9.17) is 20.3 Å². The van der Waals surface area contributed by atoms with Gasteiger partial charge in [-0.1, -0.05) is 0 Å². The van der Waals surface area contributed by atoms with Crippen molar-refractivity contribution < 1.29 is 19.1 Å². The van der Waals surface area contributed by atoms with Gasteiger partial charge in [0.05, 0.1) is 49.0 Å². The van der Waals surface area contributed by atoms with Gasteiger partial charge in [-0.3, -0.25) is 19.6 Å². The predicted octanol–water partition coefficient (Wildman–Crippen LogP) is 3.45. The van der Waals surface area contributed by atoms with Crippen LogP contribution in [0.4, 0.5) is 0 Å². The molecule has 2 N–H and O–H groups in total. The zero-order valence-electron chi connectivity index (χ0n) is 22.7. The number of nitrogens with zero attached hydrogens (tertiary/aromatic N) is 5. The summed E-state index contributed by atoms with van der Waals surface area (Å²) in [4.78, 5) is 36.3. The van der Waals surface area contributed by atoms with Gasteiger partial charge in [0.25, 0.3) is 5.91 Å². The largest absolute Gasteiger partial charge is 0.496 e. The van der Waals surface area contributed by atoms with Gasteiger partial charge in [-0.05, 0) is 62.6 Å². The number of pyridine rings is 2. The summed E-state index contributed by atoms with van der Waals surface area (Å²) in [6.45, 7) is 5.48. The minimum absolute atomic E-state index is 0.109. The fraction of sp³-hybridized carbons (Fsp3) is 0.300. The summed E-state index contributed by atoms with van der Waals surface area (Å²) in [5, 5.41) is 4.92. The van der Waals surface area contributed by atoms with Crippen molar-refractivity contribution in [3.63, 3.8) is 0 Å². The number of rotatable bonds is 5. The maximum atomic E-state index is 14.0. The van der Waals surface area contributed by atoms with Gasteiger partial charge in [0.1, 0.15) is 5.75 Å². The summed E-state index contributed by atoms with van der Waals surface area (Å²) in [7, 11) is 1.62. The molecule has 1 aliphatic carbocycles. The van der Waals surface area contributed by atoms with E-state index in [1.54, 1.807) is 31.8 Å². The second-order valence-corrected chi connectivity index (χ2v) is 10.7. The molecular weight excluding hydrogens is 508 g/mol. The smallest absolute Gasteiger partial charge is 0.275 e. The molecule has 6 rings (SSSR count). The Bertz CT molecular complexity index is 1630. The minimum Gasteiger partial charge on any atom is -0.496 e. The highest BCUT2D eigenvalue weighted by atomic mass is 16.5. The lowest BCUT2D eigenvalue weighted by molar-refractivity contribution is -0.0373. The zero-order chi connectivity index (χ0) is 28.0. The third-order valence-electron chi connectivity index (χ3n) is 7.63. The highest BCUT2D eigenvalue weighted by molar-refractivity contribution is 5.98. The number of carbonyl (C=O) groups excluding carboxylic acids is 2. The minimum atomic E-state index is -0.558. The van der Waals surface area contributed by atoms with Crippen LogP contribution >= 0.6 is 0 Å². The van der Waals surface area contributed by atoms with E-state index >= 15 is 0 Å². The van der Waals surface area contributed by atoms with Crippen LogP contribution in [0, 0.1) is 0 Å². The lowest BCUT2D eigenvalue weighted by Gasteiger charge is -2.41.